The summed E-state index contributed by atoms with van der Waals surface area (Å²) < 4.78 is 15.1. The Labute approximate surface area is 108 Å². The van der Waals surface area contributed by atoms with Crippen molar-refractivity contribution in [3.8, 4) is 22.8 Å². The second-order valence-electron chi connectivity index (χ2n) is 3.60. The average molecular weight is 264 g/mol. The van der Waals surface area contributed by atoms with Gasteiger partial charge in [0.05, 0.1) is 14.2 Å². The van der Waals surface area contributed by atoms with E-state index in [4.69, 9.17) is 24.7 Å². The standard InChI is InChI=1S/C12H12N2O5/c1-17-6-3-4-7(8(5-6)18-2)9-10(11(15)16)19-12(13)14-9/h3-5H,1-2H3,(H2,13,14)(H,15,16). The van der Waals surface area contributed by atoms with E-state index in [2.05, 4.69) is 4.98 Å². The van der Waals surface area contributed by atoms with Crippen molar-refractivity contribution in [1.82, 2.24) is 4.98 Å². The number of hydrogen-bond acceptors (Lipinski definition) is 6. The van der Waals surface area contributed by atoms with E-state index in [1.807, 2.05) is 0 Å². The van der Waals surface area contributed by atoms with Gasteiger partial charge in [0.15, 0.2) is 0 Å². The lowest BCUT2D eigenvalue weighted by molar-refractivity contribution is 0.0665. The molecule has 7 nitrogen and oxygen atoms in total. The van der Waals surface area contributed by atoms with Crippen LogP contribution in [-0.2, 0) is 0 Å². The number of nitrogen functional groups attached to an aromatic ring is 1. The van der Waals surface area contributed by atoms with Crippen LogP contribution in [-0.4, -0.2) is 30.3 Å². The molecular formula is C12H12N2O5. The smallest absolute Gasteiger partial charge is 0.374 e. The molecular weight excluding hydrogens is 252 g/mol. The summed E-state index contributed by atoms with van der Waals surface area (Å²) in [7, 11) is 2.98. The molecule has 0 unspecified atom stereocenters. The van der Waals surface area contributed by atoms with Crippen LogP contribution in [0.15, 0.2) is 22.6 Å². The van der Waals surface area contributed by atoms with Gasteiger partial charge in [-0.15, -0.1) is 0 Å². The second-order valence-corrected chi connectivity index (χ2v) is 3.60. The molecule has 0 radical (unpaired) electrons. The van der Waals surface area contributed by atoms with Crippen molar-refractivity contribution in [3.05, 3.63) is 24.0 Å². The van der Waals surface area contributed by atoms with Crippen molar-refractivity contribution in [2.24, 2.45) is 0 Å². The largest absolute Gasteiger partial charge is 0.497 e. The highest BCUT2D eigenvalue weighted by Gasteiger charge is 2.22. The zero-order valence-electron chi connectivity index (χ0n) is 10.3. The van der Waals surface area contributed by atoms with Gasteiger partial charge in [-0.2, -0.15) is 4.98 Å². The van der Waals surface area contributed by atoms with E-state index >= 15 is 0 Å². The van der Waals surface area contributed by atoms with Gasteiger partial charge in [-0.25, -0.2) is 4.79 Å². The molecule has 2 aromatic rings. The minimum Gasteiger partial charge on any atom is -0.497 e. The topological polar surface area (TPSA) is 108 Å². The first-order chi connectivity index (χ1) is 9.06. The number of methoxy groups -OCH3 is 2. The Bertz CT molecular complexity index is 621. The molecule has 0 atom stereocenters. The molecule has 0 aliphatic rings. The molecule has 0 saturated heterocycles. The van der Waals surface area contributed by atoms with E-state index in [1.165, 1.54) is 14.2 Å². The SMILES string of the molecule is COc1ccc(-c2nc(N)oc2C(=O)O)c(OC)c1. The summed E-state index contributed by atoms with van der Waals surface area (Å²) in [5, 5.41) is 9.05. The van der Waals surface area contributed by atoms with E-state index in [9.17, 15) is 4.79 Å². The molecule has 1 aromatic carbocycles. The van der Waals surface area contributed by atoms with Crippen LogP contribution in [0, 0.1) is 0 Å². The fourth-order valence-electron chi connectivity index (χ4n) is 1.66. The molecule has 0 saturated carbocycles. The molecule has 19 heavy (non-hydrogen) atoms. The van der Waals surface area contributed by atoms with Gasteiger partial charge in [0.25, 0.3) is 6.01 Å². The van der Waals surface area contributed by atoms with Gasteiger partial charge in [0, 0.05) is 11.6 Å². The predicted octanol–water partition coefficient (Wildman–Crippen LogP) is 1.64. The number of benzene rings is 1. The minimum atomic E-state index is -1.25. The predicted molar refractivity (Wildman–Crippen MR) is 66.4 cm³/mol. The van der Waals surface area contributed by atoms with Crippen molar-refractivity contribution in [2.45, 2.75) is 0 Å². The summed E-state index contributed by atoms with van der Waals surface area (Å²) in [6, 6.07) is 4.69. The summed E-state index contributed by atoms with van der Waals surface area (Å²) in [6.07, 6.45) is 0. The molecule has 0 aliphatic heterocycles. The van der Waals surface area contributed by atoms with Crippen LogP contribution in [0.4, 0.5) is 6.01 Å². The van der Waals surface area contributed by atoms with Crippen molar-refractivity contribution >= 4 is 12.0 Å². The van der Waals surface area contributed by atoms with E-state index in [-0.39, 0.29) is 17.5 Å². The quantitative estimate of drug-likeness (QED) is 0.864. The summed E-state index contributed by atoms with van der Waals surface area (Å²) >= 11 is 0. The molecule has 0 aliphatic carbocycles. The number of nitrogens with zero attached hydrogens (tertiary/aromatic N) is 1. The number of carbonyl (C=O) groups is 1. The van der Waals surface area contributed by atoms with Gasteiger partial charge in [-0.1, -0.05) is 0 Å². The lowest BCUT2D eigenvalue weighted by Gasteiger charge is -2.08. The number of hydrogen-bond donors (Lipinski definition) is 2. The van der Waals surface area contributed by atoms with E-state index in [1.54, 1.807) is 18.2 Å². The van der Waals surface area contributed by atoms with Crippen LogP contribution in [0.3, 0.4) is 0 Å². The molecule has 1 aromatic heterocycles. The van der Waals surface area contributed by atoms with Gasteiger partial charge in [-0.05, 0) is 12.1 Å². The Morgan fingerprint density at radius 1 is 1.37 bits per heavy atom. The van der Waals surface area contributed by atoms with E-state index in [0.717, 1.165) is 0 Å². The number of ether oxygens (including phenoxy) is 2. The van der Waals surface area contributed by atoms with Crippen molar-refractivity contribution < 1.29 is 23.8 Å². The third-order valence-electron chi connectivity index (χ3n) is 2.50. The maximum atomic E-state index is 11.1. The van der Waals surface area contributed by atoms with Crippen molar-refractivity contribution in [1.29, 1.82) is 0 Å². The fourth-order valence-corrected chi connectivity index (χ4v) is 1.66. The number of anilines is 1. The molecule has 0 fully saturated rings. The number of rotatable bonds is 4. The Hall–Kier alpha value is -2.70. The third-order valence-corrected chi connectivity index (χ3v) is 2.50. The molecule has 100 valence electrons. The zero-order valence-corrected chi connectivity index (χ0v) is 10.3. The normalized spacial score (nSPS) is 10.2. The lowest BCUT2D eigenvalue weighted by Crippen LogP contribution is -1.98. The number of carboxylic acid groups (broad SMARTS) is 1. The summed E-state index contributed by atoms with van der Waals surface area (Å²) in [5.41, 5.74) is 5.97. The van der Waals surface area contributed by atoms with Gasteiger partial charge < -0.3 is 24.7 Å². The Balaban J connectivity index is 2.61. The van der Waals surface area contributed by atoms with Crippen LogP contribution in [0.5, 0.6) is 11.5 Å². The van der Waals surface area contributed by atoms with Crippen molar-refractivity contribution in [2.75, 3.05) is 20.0 Å². The monoisotopic (exact) mass is 264 g/mol. The van der Waals surface area contributed by atoms with Gasteiger partial charge in [0.1, 0.15) is 17.2 Å². The molecule has 1 heterocycles. The van der Waals surface area contributed by atoms with Crippen LogP contribution < -0.4 is 15.2 Å². The molecule has 7 heteroatoms. The summed E-state index contributed by atoms with van der Waals surface area (Å²) in [4.78, 5) is 15.0. The van der Waals surface area contributed by atoms with Crippen LogP contribution >= 0.6 is 0 Å². The highest BCUT2D eigenvalue weighted by molar-refractivity contribution is 5.93. The van der Waals surface area contributed by atoms with E-state index < -0.39 is 5.97 Å². The van der Waals surface area contributed by atoms with Gasteiger partial charge in [0.2, 0.25) is 5.76 Å². The summed E-state index contributed by atoms with van der Waals surface area (Å²) in [6.45, 7) is 0. The number of oxazole rings is 1. The Morgan fingerprint density at radius 2 is 2.11 bits per heavy atom. The second kappa shape index (κ2) is 4.89. The lowest BCUT2D eigenvalue weighted by atomic mass is 10.1. The zero-order chi connectivity index (χ0) is 14.0. The van der Waals surface area contributed by atoms with E-state index in [0.29, 0.717) is 17.1 Å². The molecule has 0 amide bonds. The van der Waals surface area contributed by atoms with Crippen LogP contribution in [0.1, 0.15) is 10.6 Å². The van der Waals surface area contributed by atoms with Gasteiger partial charge >= 0.3 is 5.97 Å². The number of aromatic carboxylic acids is 1. The first-order valence-corrected chi connectivity index (χ1v) is 5.28. The minimum absolute atomic E-state index is 0.115. The maximum absolute atomic E-state index is 11.1. The van der Waals surface area contributed by atoms with Crippen molar-refractivity contribution in [3.63, 3.8) is 0 Å². The average Bonchev–Trinajstić information content (AvgIpc) is 2.80. The molecule has 2 rings (SSSR count). The first-order valence-electron chi connectivity index (χ1n) is 5.28. The molecule has 0 spiro atoms. The molecule has 3 N–H and O–H groups in total. The molecule has 0 bridgehead atoms. The van der Waals surface area contributed by atoms with Crippen LogP contribution in [0.2, 0.25) is 0 Å². The first kappa shape index (κ1) is 12.7. The highest BCUT2D eigenvalue weighted by atomic mass is 16.5. The maximum Gasteiger partial charge on any atom is 0.374 e. The van der Waals surface area contributed by atoms with Gasteiger partial charge in [-0.3, -0.25) is 0 Å². The summed E-state index contributed by atoms with van der Waals surface area (Å²) in [5.74, 6) is -0.595. The Kier molecular flexibility index (Phi) is 3.28. The highest BCUT2D eigenvalue weighted by Crippen LogP contribution is 2.35. The third kappa shape index (κ3) is 2.30. The Morgan fingerprint density at radius 3 is 2.68 bits per heavy atom. The number of aromatic nitrogens is 1. The number of nitrogens with two attached hydrogens (primary N) is 1. The number of carboxylic acids is 1. The fraction of sp³-hybridized carbons (Fsp3) is 0.167. The van der Waals surface area contributed by atoms with Crippen LogP contribution in [0.25, 0.3) is 11.3 Å².